The van der Waals surface area contributed by atoms with E-state index < -0.39 is 11.6 Å². The fraction of sp³-hybridized carbons (Fsp3) is 0.500. The Balaban J connectivity index is 1.70. The quantitative estimate of drug-likeness (QED) is 0.879. The Hall–Kier alpha value is -2.28. The van der Waals surface area contributed by atoms with Crippen LogP contribution in [0.2, 0.25) is 0 Å². The van der Waals surface area contributed by atoms with E-state index in [-0.39, 0.29) is 17.4 Å². The minimum absolute atomic E-state index is 0.0620. The molecule has 1 saturated heterocycles. The molecule has 1 aromatic heterocycles. The van der Waals surface area contributed by atoms with Crippen molar-refractivity contribution in [3.05, 3.63) is 46.8 Å². The molecule has 1 aromatic carbocycles. The SMILES string of the molecule is CC1(C)CN(C(=O)c2nn(-c3ccc(F)c(F)c3)c3c2CCC3)CCC1N. The molecule has 1 unspecified atom stereocenters. The van der Waals surface area contributed by atoms with Crippen LogP contribution in [0.3, 0.4) is 0 Å². The number of likely N-dealkylation sites (tertiary alicyclic amines) is 1. The van der Waals surface area contributed by atoms with E-state index in [1.807, 2.05) is 4.90 Å². The first-order valence-corrected chi connectivity index (χ1v) is 9.39. The molecule has 27 heavy (non-hydrogen) atoms. The molecule has 7 heteroatoms. The fourth-order valence-electron chi connectivity index (χ4n) is 4.14. The minimum atomic E-state index is -0.922. The lowest BCUT2D eigenvalue weighted by molar-refractivity contribution is 0.0526. The van der Waals surface area contributed by atoms with Crippen LogP contribution in [-0.4, -0.2) is 39.7 Å². The summed E-state index contributed by atoms with van der Waals surface area (Å²) in [7, 11) is 0. The van der Waals surface area contributed by atoms with E-state index in [1.54, 1.807) is 4.68 Å². The zero-order valence-corrected chi connectivity index (χ0v) is 15.6. The van der Waals surface area contributed by atoms with Gasteiger partial charge in [0.1, 0.15) is 0 Å². The van der Waals surface area contributed by atoms with Gasteiger partial charge in [-0.3, -0.25) is 4.79 Å². The van der Waals surface area contributed by atoms with E-state index in [2.05, 4.69) is 18.9 Å². The van der Waals surface area contributed by atoms with Gasteiger partial charge in [0.25, 0.3) is 5.91 Å². The highest BCUT2D eigenvalue weighted by Crippen LogP contribution is 2.32. The first-order valence-electron chi connectivity index (χ1n) is 9.39. The van der Waals surface area contributed by atoms with Gasteiger partial charge >= 0.3 is 0 Å². The molecule has 1 amide bonds. The third-order valence-electron chi connectivity index (χ3n) is 5.88. The van der Waals surface area contributed by atoms with Gasteiger partial charge in [-0.2, -0.15) is 5.10 Å². The summed E-state index contributed by atoms with van der Waals surface area (Å²) in [6.45, 7) is 5.33. The molecule has 2 N–H and O–H groups in total. The smallest absolute Gasteiger partial charge is 0.274 e. The second kappa shape index (κ2) is 6.41. The molecule has 2 aromatic rings. The molecular formula is C20H24F2N4O. The first-order chi connectivity index (χ1) is 12.8. The highest BCUT2D eigenvalue weighted by atomic mass is 19.2. The summed E-state index contributed by atoms with van der Waals surface area (Å²) in [6.07, 6.45) is 3.22. The van der Waals surface area contributed by atoms with E-state index in [0.717, 1.165) is 49.1 Å². The molecule has 0 radical (unpaired) electrons. The van der Waals surface area contributed by atoms with Crippen molar-refractivity contribution in [2.75, 3.05) is 13.1 Å². The van der Waals surface area contributed by atoms with Crippen molar-refractivity contribution < 1.29 is 13.6 Å². The number of fused-ring (bicyclic) bond motifs is 1. The number of nitrogens with two attached hydrogens (primary N) is 1. The number of halogens is 2. The van der Waals surface area contributed by atoms with Gasteiger partial charge in [-0.1, -0.05) is 13.8 Å². The lowest BCUT2D eigenvalue weighted by Crippen LogP contribution is -2.54. The van der Waals surface area contributed by atoms with Crippen LogP contribution in [0.15, 0.2) is 18.2 Å². The lowest BCUT2D eigenvalue weighted by Gasteiger charge is -2.42. The van der Waals surface area contributed by atoms with Crippen LogP contribution < -0.4 is 5.73 Å². The molecule has 1 atom stereocenters. The Morgan fingerprint density at radius 3 is 2.74 bits per heavy atom. The molecular weight excluding hydrogens is 350 g/mol. The molecule has 2 heterocycles. The highest BCUT2D eigenvalue weighted by molar-refractivity contribution is 5.94. The van der Waals surface area contributed by atoms with Crippen LogP contribution in [-0.2, 0) is 12.8 Å². The average molecular weight is 374 g/mol. The predicted octanol–water partition coefficient (Wildman–Crippen LogP) is 2.84. The highest BCUT2D eigenvalue weighted by Gasteiger charge is 2.38. The van der Waals surface area contributed by atoms with E-state index in [9.17, 15) is 13.6 Å². The summed E-state index contributed by atoms with van der Waals surface area (Å²) >= 11 is 0. The zero-order chi connectivity index (χ0) is 19.3. The molecule has 1 fully saturated rings. The monoisotopic (exact) mass is 374 g/mol. The molecule has 5 nitrogen and oxygen atoms in total. The number of nitrogens with zero attached hydrogens (tertiary/aromatic N) is 3. The maximum Gasteiger partial charge on any atom is 0.274 e. The predicted molar refractivity (Wildman–Crippen MR) is 97.8 cm³/mol. The number of rotatable bonds is 2. The molecule has 0 saturated carbocycles. The summed E-state index contributed by atoms with van der Waals surface area (Å²) in [4.78, 5) is 15.0. The van der Waals surface area contributed by atoms with Crippen molar-refractivity contribution in [1.82, 2.24) is 14.7 Å². The Bertz CT molecular complexity index is 906. The van der Waals surface area contributed by atoms with Crippen molar-refractivity contribution >= 4 is 5.91 Å². The third kappa shape index (κ3) is 3.04. The van der Waals surface area contributed by atoms with E-state index >= 15 is 0 Å². The van der Waals surface area contributed by atoms with Crippen molar-refractivity contribution in [3.8, 4) is 5.69 Å². The molecule has 4 rings (SSSR count). The summed E-state index contributed by atoms with van der Waals surface area (Å²) < 4.78 is 28.6. The second-order valence-corrected chi connectivity index (χ2v) is 8.25. The zero-order valence-electron chi connectivity index (χ0n) is 15.6. The van der Waals surface area contributed by atoms with E-state index in [1.165, 1.54) is 6.07 Å². The van der Waals surface area contributed by atoms with Crippen LogP contribution >= 0.6 is 0 Å². The summed E-state index contributed by atoms with van der Waals surface area (Å²) in [5.74, 6) is -1.92. The molecule has 0 spiro atoms. The Labute approximate surface area is 157 Å². The van der Waals surface area contributed by atoms with Gasteiger partial charge in [0.2, 0.25) is 0 Å². The van der Waals surface area contributed by atoms with Crippen molar-refractivity contribution in [2.45, 2.75) is 45.6 Å². The number of hydrogen-bond donors (Lipinski definition) is 1. The van der Waals surface area contributed by atoms with Gasteiger partial charge in [-0.05, 0) is 43.2 Å². The second-order valence-electron chi connectivity index (χ2n) is 8.25. The van der Waals surface area contributed by atoms with E-state index in [0.29, 0.717) is 24.5 Å². The summed E-state index contributed by atoms with van der Waals surface area (Å²) in [6, 6.07) is 3.76. The third-order valence-corrected chi connectivity index (χ3v) is 5.88. The van der Waals surface area contributed by atoms with Crippen LogP contribution in [0.25, 0.3) is 5.69 Å². The number of amides is 1. The maximum atomic E-state index is 13.7. The molecule has 0 bridgehead atoms. The van der Waals surface area contributed by atoms with Gasteiger partial charge in [0.05, 0.1) is 5.69 Å². The minimum Gasteiger partial charge on any atom is -0.337 e. The first kappa shape index (κ1) is 18.1. The van der Waals surface area contributed by atoms with Crippen LogP contribution in [0, 0.1) is 17.0 Å². The van der Waals surface area contributed by atoms with Gasteiger partial charge in [0.15, 0.2) is 17.3 Å². The number of hydrogen-bond acceptors (Lipinski definition) is 3. The Kier molecular flexibility index (Phi) is 4.29. The van der Waals surface area contributed by atoms with Crippen LogP contribution in [0.5, 0.6) is 0 Å². The van der Waals surface area contributed by atoms with Gasteiger partial charge in [-0.15, -0.1) is 0 Å². The maximum absolute atomic E-state index is 13.7. The topological polar surface area (TPSA) is 64.2 Å². The molecule has 144 valence electrons. The number of carbonyl (C=O) groups is 1. The molecule has 1 aliphatic carbocycles. The molecule has 1 aliphatic heterocycles. The van der Waals surface area contributed by atoms with Gasteiger partial charge < -0.3 is 10.6 Å². The van der Waals surface area contributed by atoms with Gasteiger partial charge in [-0.25, -0.2) is 13.5 Å². The van der Waals surface area contributed by atoms with Crippen molar-refractivity contribution in [2.24, 2.45) is 11.1 Å². The number of benzene rings is 1. The van der Waals surface area contributed by atoms with Crippen molar-refractivity contribution in [3.63, 3.8) is 0 Å². The number of carbonyl (C=O) groups excluding carboxylic acids is 1. The van der Waals surface area contributed by atoms with Crippen molar-refractivity contribution in [1.29, 1.82) is 0 Å². The van der Waals surface area contributed by atoms with Crippen LogP contribution in [0.1, 0.15) is 48.4 Å². The summed E-state index contributed by atoms with van der Waals surface area (Å²) in [5.41, 5.74) is 8.74. The van der Waals surface area contributed by atoms with Crippen LogP contribution in [0.4, 0.5) is 8.78 Å². The Morgan fingerprint density at radius 2 is 2.04 bits per heavy atom. The standard InChI is InChI=1S/C20H24F2N4O/c1-20(2)11-25(9-8-17(20)23)19(27)18-13-4-3-5-16(13)26(24-18)12-6-7-14(21)15(22)10-12/h6-7,10,17H,3-5,8-9,11,23H2,1-2H3. The largest absolute Gasteiger partial charge is 0.337 e. The van der Waals surface area contributed by atoms with E-state index in [4.69, 9.17) is 5.73 Å². The molecule has 2 aliphatic rings. The lowest BCUT2D eigenvalue weighted by atomic mass is 9.79. The fourth-order valence-corrected chi connectivity index (χ4v) is 4.14. The normalized spacial score (nSPS) is 21.4. The average Bonchev–Trinajstić information content (AvgIpc) is 3.21. The van der Waals surface area contributed by atoms with Gasteiger partial charge in [0, 0.05) is 36.5 Å². The number of piperidine rings is 1. The Morgan fingerprint density at radius 1 is 1.26 bits per heavy atom. The summed E-state index contributed by atoms with van der Waals surface area (Å²) in [5, 5.41) is 4.52. The number of aromatic nitrogens is 2.